The summed E-state index contributed by atoms with van der Waals surface area (Å²) in [5.74, 6) is -2.52. The molecule has 3 aromatic rings. The first-order chi connectivity index (χ1) is 16.6. The van der Waals surface area contributed by atoms with Crippen molar-refractivity contribution in [3.05, 3.63) is 48.4 Å². The lowest BCUT2D eigenvalue weighted by atomic mass is 10.0. The van der Waals surface area contributed by atoms with Crippen LogP contribution in [-0.4, -0.2) is 58.8 Å². The maximum Gasteiger partial charge on any atom is 0.362 e. The Morgan fingerprint density at radius 2 is 2.00 bits per heavy atom. The van der Waals surface area contributed by atoms with Crippen LogP contribution in [0.25, 0.3) is 11.2 Å². The molecule has 1 amide bonds. The lowest BCUT2D eigenvalue weighted by Gasteiger charge is -2.21. The smallest absolute Gasteiger partial charge is 0.362 e. The molecule has 1 fully saturated rings. The van der Waals surface area contributed by atoms with E-state index < -0.39 is 53.1 Å². The number of ether oxygens (including phenoxy) is 2. The number of benzene rings is 1. The van der Waals surface area contributed by atoms with Crippen molar-refractivity contribution >= 4 is 39.0 Å². The zero-order valence-corrected chi connectivity index (χ0v) is 19.5. The zero-order chi connectivity index (χ0) is 25.3. The Hall–Kier alpha value is -3.75. The molecule has 0 bridgehead atoms. The van der Waals surface area contributed by atoms with Crippen LogP contribution in [0.15, 0.2) is 42.9 Å². The van der Waals surface area contributed by atoms with E-state index in [1.54, 1.807) is 22.3 Å². The predicted octanol–water partition coefficient (Wildman–Crippen LogP) is 0.876. The summed E-state index contributed by atoms with van der Waals surface area (Å²) in [5.41, 5.74) is 6.93. The third-order valence-corrected chi connectivity index (χ3v) is 6.40. The van der Waals surface area contributed by atoms with E-state index in [1.165, 1.54) is 43.7 Å². The molecule has 0 spiro atoms. The molecule has 1 saturated heterocycles. The number of hydrogen-bond acceptors (Lipinski definition) is 11. The largest absolute Gasteiger partial charge is 0.507 e. The second-order valence-electron chi connectivity index (χ2n) is 7.91. The summed E-state index contributed by atoms with van der Waals surface area (Å²) >= 11 is 0. The van der Waals surface area contributed by atoms with Gasteiger partial charge in [0.2, 0.25) is 0 Å². The number of fused-ring (bicyclic) bond motifs is 1. The highest BCUT2D eigenvalue weighted by atomic mass is 32.2. The fourth-order valence-electron chi connectivity index (χ4n) is 3.78. The molecule has 0 unspecified atom stereocenters. The maximum absolute atomic E-state index is 12.4. The van der Waals surface area contributed by atoms with E-state index in [-0.39, 0.29) is 11.3 Å². The van der Waals surface area contributed by atoms with Crippen LogP contribution < -0.4 is 10.5 Å². The number of phenolic OH excluding ortho intramolecular Hbond substituents is 1. The van der Waals surface area contributed by atoms with Gasteiger partial charge in [0, 0.05) is 19.0 Å². The Morgan fingerprint density at radius 3 is 2.71 bits per heavy atom. The number of pyridine rings is 1. The van der Waals surface area contributed by atoms with Crippen molar-refractivity contribution in [3.8, 4) is 5.75 Å². The number of nitrogens with zero attached hydrogens (tertiary/aromatic N) is 3. The number of carbonyl (C=O) groups is 2. The second kappa shape index (κ2) is 9.48. The average Bonchev–Trinajstić information content (AvgIpc) is 3.34. The van der Waals surface area contributed by atoms with Gasteiger partial charge in [-0.1, -0.05) is 19.1 Å². The topological polar surface area (TPSA) is 185 Å². The van der Waals surface area contributed by atoms with E-state index >= 15 is 0 Å². The number of para-hydroxylation sites is 1. The normalized spacial score (nSPS) is 22.2. The Kier molecular flexibility index (Phi) is 6.60. The summed E-state index contributed by atoms with van der Waals surface area (Å²) < 4.78 is 44.4. The summed E-state index contributed by atoms with van der Waals surface area (Å²) in [7, 11) is -4.56. The van der Waals surface area contributed by atoms with Crippen LogP contribution in [-0.2, 0) is 28.8 Å². The number of aromatic hydroxyl groups is 1. The lowest BCUT2D eigenvalue weighted by molar-refractivity contribution is -0.153. The van der Waals surface area contributed by atoms with Gasteiger partial charge in [-0.25, -0.2) is 14.7 Å². The molecular weight excluding hydrogens is 482 g/mol. The van der Waals surface area contributed by atoms with E-state index in [0.29, 0.717) is 16.9 Å². The summed E-state index contributed by atoms with van der Waals surface area (Å²) in [6, 6.07) is 7.04. The number of nitrogens with two attached hydrogens (primary N) is 1. The number of amides is 1. The molecular formula is C21H23N5O8S. The summed E-state index contributed by atoms with van der Waals surface area (Å²) in [5, 5.41) is 9.75. The van der Waals surface area contributed by atoms with Crippen molar-refractivity contribution < 1.29 is 36.8 Å². The van der Waals surface area contributed by atoms with Gasteiger partial charge in [0.05, 0.1) is 30.3 Å². The first kappa shape index (κ1) is 24.4. The Bertz CT molecular complexity index is 1380. The number of carbonyl (C=O) groups excluding carboxylic acids is 2. The molecule has 3 heterocycles. The quantitative estimate of drug-likeness (QED) is 0.387. The number of anilines is 1. The van der Waals surface area contributed by atoms with E-state index in [9.17, 15) is 23.1 Å². The maximum atomic E-state index is 12.4. The van der Waals surface area contributed by atoms with Crippen LogP contribution in [0.1, 0.15) is 30.4 Å². The van der Waals surface area contributed by atoms with Crippen LogP contribution in [0.4, 0.5) is 5.69 Å². The molecule has 14 heteroatoms. The molecule has 0 radical (unpaired) electrons. The molecule has 13 nitrogen and oxygen atoms in total. The molecule has 4 atom stereocenters. The van der Waals surface area contributed by atoms with Gasteiger partial charge >= 0.3 is 16.3 Å². The molecule has 4 N–H and O–H groups in total. The van der Waals surface area contributed by atoms with Crippen LogP contribution in [0.5, 0.6) is 5.75 Å². The van der Waals surface area contributed by atoms with Crippen molar-refractivity contribution in [2.45, 2.75) is 32.3 Å². The highest BCUT2D eigenvalue weighted by Gasteiger charge is 2.46. The van der Waals surface area contributed by atoms with Gasteiger partial charge in [-0.2, -0.15) is 8.42 Å². The van der Waals surface area contributed by atoms with Gasteiger partial charge in [0.25, 0.3) is 5.91 Å². The number of aromatic nitrogens is 3. The van der Waals surface area contributed by atoms with Crippen LogP contribution in [0.2, 0.25) is 0 Å². The third-order valence-electron chi connectivity index (χ3n) is 5.52. The number of hydrogen-bond donors (Lipinski definition) is 3. The fraction of sp³-hybridized carbons (Fsp3) is 0.333. The Labute approximate surface area is 200 Å². The Balaban J connectivity index is 1.51. The molecule has 2 aromatic heterocycles. The van der Waals surface area contributed by atoms with Crippen molar-refractivity contribution in [1.82, 2.24) is 19.3 Å². The lowest BCUT2D eigenvalue weighted by Crippen LogP contribution is -2.35. The molecule has 4 rings (SSSR count). The minimum Gasteiger partial charge on any atom is -0.507 e. The number of rotatable bonds is 7. The summed E-state index contributed by atoms with van der Waals surface area (Å²) in [6.07, 6.45) is 0.379. The van der Waals surface area contributed by atoms with Gasteiger partial charge in [-0.15, -0.1) is 0 Å². The van der Waals surface area contributed by atoms with E-state index in [4.69, 9.17) is 19.4 Å². The van der Waals surface area contributed by atoms with E-state index in [0.717, 1.165) is 0 Å². The van der Waals surface area contributed by atoms with Crippen LogP contribution in [0, 0.1) is 5.92 Å². The first-order valence-corrected chi connectivity index (χ1v) is 11.9. The molecule has 0 aliphatic carbocycles. The van der Waals surface area contributed by atoms with Crippen molar-refractivity contribution in [2.75, 3.05) is 12.3 Å². The number of nitrogens with one attached hydrogen (secondary N) is 1. The van der Waals surface area contributed by atoms with Crippen LogP contribution >= 0.6 is 0 Å². The average molecular weight is 506 g/mol. The molecule has 35 heavy (non-hydrogen) atoms. The molecule has 1 aromatic carbocycles. The van der Waals surface area contributed by atoms with Gasteiger partial charge in [0.15, 0.2) is 18.0 Å². The van der Waals surface area contributed by atoms with E-state index in [2.05, 4.69) is 9.97 Å². The van der Waals surface area contributed by atoms with Gasteiger partial charge < -0.3 is 20.3 Å². The van der Waals surface area contributed by atoms with Gasteiger partial charge in [-0.05, 0) is 18.2 Å². The molecule has 186 valence electrons. The van der Waals surface area contributed by atoms with Crippen molar-refractivity contribution in [2.24, 2.45) is 5.92 Å². The highest BCUT2D eigenvalue weighted by Crippen LogP contribution is 2.38. The SMILES string of the molecule is CC(=O)O[C@@H]1[C@H](C)[C@@H](COS(=O)(=O)NC(=O)c2ccccc2O)O[C@H]1n1cnc2c(N)ccnc21. The number of phenols is 1. The van der Waals surface area contributed by atoms with E-state index in [1.807, 2.05) is 0 Å². The summed E-state index contributed by atoms with van der Waals surface area (Å²) in [4.78, 5) is 32.5. The second-order valence-corrected chi connectivity index (χ2v) is 9.26. The fourth-order valence-corrected chi connectivity index (χ4v) is 4.49. The zero-order valence-electron chi connectivity index (χ0n) is 18.7. The highest BCUT2D eigenvalue weighted by molar-refractivity contribution is 7.85. The number of nitrogen functional groups attached to an aromatic ring is 1. The van der Waals surface area contributed by atoms with Crippen molar-refractivity contribution in [1.29, 1.82) is 0 Å². The molecule has 1 aliphatic rings. The third kappa shape index (κ3) is 5.03. The van der Waals surface area contributed by atoms with Crippen LogP contribution in [0.3, 0.4) is 0 Å². The van der Waals surface area contributed by atoms with Gasteiger partial charge in [0.1, 0.15) is 11.3 Å². The molecule has 0 saturated carbocycles. The summed E-state index contributed by atoms with van der Waals surface area (Å²) in [6.45, 7) is 2.46. The first-order valence-electron chi connectivity index (χ1n) is 10.5. The molecule has 1 aliphatic heterocycles. The minimum absolute atomic E-state index is 0.237. The van der Waals surface area contributed by atoms with Gasteiger partial charge in [-0.3, -0.25) is 18.3 Å². The number of imidazole rings is 1. The standard InChI is InChI=1S/C21H23N5O8S/c1-11-16(9-32-35(30,31)25-20(29)13-5-3-4-6-15(13)28)34-21(18(11)33-12(2)27)26-10-24-17-14(22)7-8-23-19(17)26/h3-8,10-11,16,18,21,28H,9H2,1-2H3,(H2,22,23)(H,25,29)/t11-,16-,18-,21-/m1/s1. The monoisotopic (exact) mass is 505 g/mol. The minimum atomic E-state index is -4.56. The van der Waals surface area contributed by atoms with Crippen molar-refractivity contribution in [3.63, 3.8) is 0 Å². The number of esters is 1. The Morgan fingerprint density at radius 1 is 1.26 bits per heavy atom. The predicted molar refractivity (Wildman–Crippen MR) is 121 cm³/mol.